The maximum absolute atomic E-state index is 13.5. The molecule has 0 unspecified atom stereocenters. The Kier molecular flexibility index (Phi) is 5.68. The maximum Gasteiger partial charge on any atom is 0.255 e. The van der Waals surface area contributed by atoms with E-state index in [9.17, 15) is 9.59 Å². The summed E-state index contributed by atoms with van der Waals surface area (Å²) in [7, 11) is 0. The first-order valence-electron chi connectivity index (χ1n) is 12.5. The van der Waals surface area contributed by atoms with Crippen molar-refractivity contribution in [3.8, 4) is 0 Å². The van der Waals surface area contributed by atoms with Gasteiger partial charge in [0.15, 0.2) is 0 Å². The Morgan fingerprint density at radius 2 is 1.72 bits per heavy atom. The number of nitrogens with zero attached hydrogens (tertiary/aromatic N) is 4. The number of carbonyl (C=O) groups is 2. The normalized spacial score (nSPS) is 17.6. The molecule has 0 spiro atoms. The number of piperazine rings is 1. The molecule has 2 aliphatic heterocycles. The third-order valence-corrected chi connectivity index (χ3v) is 7.45. The first-order chi connectivity index (χ1) is 17.6. The van der Waals surface area contributed by atoms with Crippen LogP contribution in [0.25, 0.3) is 10.9 Å². The topological polar surface area (TPSA) is 72.5 Å². The van der Waals surface area contributed by atoms with E-state index in [1.807, 2.05) is 64.4 Å². The lowest BCUT2D eigenvalue weighted by Gasteiger charge is -2.36. The summed E-state index contributed by atoms with van der Waals surface area (Å²) >= 11 is 0. The zero-order chi connectivity index (χ0) is 24.6. The van der Waals surface area contributed by atoms with Gasteiger partial charge in [-0.15, -0.1) is 0 Å². The Morgan fingerprint density at radius 3 is 2.53 bits per heavy atom. The van der Waals surface area contributed by atoms with E-state index >= 15 is 0 Å². The van der Waals surface area contributed by atoms with E-state index in [0.29, 0.717) is 26.1 Å². The minimum Gasteiger partial charge on any atom is -0.358 e. The molecule has 2 aliphatic rings. The maximum atomic E-state index is 13.5. The highest BCUT2D eigenvalue weighted by Gasteiger charge is 2.39. The van der Waals surface area contributed by atoms with Crippen molar-refractivity contribution >= 4 is 28.5 Å². The minimum absolute atomic E-state index is 0.00643. The van der Waals surface area contributed by atoms with Crippen molar-refractivity contribution in [1.82, 2.24) is 19.8 Å². The summed E-state index contributed by atoms with van der Waals surface area (Å²) in [4.78, 5) is 40.6. The summed E-state index contributed by atoms with van der Waals surface area (Å²) in [6, 6.07) is 21.7. The van der Waals surface area contributed by atoms with Gasteiger partial charge in [0.05, 0.1) is 6.04 Å². The summed E-state index contributed by atoms with van der Waals surface area (Å²) < 4.78 is 0. The van der Waals surface area contributed by atoms with Gasteiger partial charge < -0.3 is 19.7 Å². The molecule has 4 heterocycles. The number of para-hydroxylation sites is 1. The number of hydrogen-bond acceptors (Lipinski definition) is 4. The van der Waals surface area contributed by atoms with Crippen LogP contribution in [0, 0.1) is 6.92 Å². The Labute approximate surface area is 210 Å². The van der Waals surface area contributed by atoms with Gasteiger partial charge in [-0.25, -0.2) is 4.98 Å². The van der Waals surface area contributed by atoms with Crippen LogP contribution in [0.4, 0.5) is 5.82 Å². The van der Waals surface area contributed by atoms with E-state index in [2.05, 4.69) is 33.9 Å². The van der Waals surface area contributed by atoms with Crippen LogP contribution in [0.15, 0.2) is 72.9 Å². The molecule has 1 saturated heterocycles. The molecular formula is C29H29N5O2. The summed E-state index contributed by atoms with van der Waals surface area (Å²) in [5, 5.41) is 1.12. The molecule has 7 nitrogen and oxygen atoms in total. The fourth-order valence-electron chi connectivity index (χ4n) is 5.66. The summed E-state index contributed by atoms with van der Waals surface area (Å²) in [5.74, 6) is 1.03. The van der Waals surface area contributed by atoms with Crippen molar-refractivity contribution < 1.29 is 9.59 Å². The monoisotopic (exact) mass is 479 g/mol. The number of carbonyl (C=O) groups excluding carboxylic acids is 2. The second-order valence-corrected chi connectivity index (χ2v) is 9.50. The molecule has 2 amide bonds. The van der Waals surface area contributed by atoms with E-state index in [0.717, 1.165) is 52.2 Å². The molecule has 2 aromatic heterocycles. The van der Waals surface area contributed by atoms with Gasteiger partial charge in [-0.2, -0.15) is 0 Å². The van der Waals surface area contributed by atoms with Crippen LogP contribution in [0.1, 0.15) is 39.6 Å². The number of benzene rings is 2. The lowest BCUT2D eigenvalue weighted by Crippen LogP contribution is -2.49. The molecule has 1 atom stereocenters. The molecular weight excluding hydrogens is 450 g/mol. The smallest absolute Gasteiger partial charge is 0.255 e. The zero-order valence-electron chi connectivity index (χ0n) is 20.4. The van der Waals surface area contributed by atoms with Gasteiger partial charge in [-0.1, -0.05) is 42.5 Å². The van der Waals surface area contributed by atoms with E-state index in [1.165, 1.54) is 0 Å². The first kappa shape index (κ1) is 22.3. The van der Waals surface area contributed by atoms with E-state index in [1.54, 1.807) is 6.20 Å². The Morgan fingerprint density at radius 1 is 0.972 bits per heavy atom. The lowest BCUT2D eigenvalue weighted by atomic mass is 9.95. The zero-order valence-corrected chi connectivity index (χ0v) is 20.4. The van der Waals surface area contributed by atoms with Gasteiger partial charge in [-0.05, 0) is 36.8 Å². The van der Waals surface area contributed by atoms with Gasteiger partial charge in [0.2, 0.25) is 5.91 Å². The Bertz CT molecular complexity index is 1420. The quantitative estimate of drug-likeness (QED) is 0.467. The first-order valence-corrected chi connectivity index (χ1v) is 12.5. The number of aryl methyl sites for hydroxylation is 1. The Hall–Kier alpha value is -4.13. The van der Waals surface area contributed by atoms with Gasteiger partial charge in [0, 0.05) is 73.1 Å². The van der Waals surface area contributed by atoms with Crippen LogP contribution in [0.3, 0.4) is 0 Å². The fraction of sp³-hybridized carbons (Fsp3) is 0.276. The molecule has 7 heteroatoms. The number of rotatable bonds is 5. The van der Waals surface area contributed by atoms with Crippen molar-refractivity contribution in [3.05, 3.63) is 95.3 Å². The highest BCUT2D eigenvalue weighted by molar-refractivity contribution is 6.01. The largest absolute Gasteiger partial charge is 0.358 e. The number of fused-ring (bicyclic) bond motifs is 2. The van der Waals surface area contributed by atoms with Crippen molar-refractivity contribution in [1.29, 1.82) is 0 Å². The molecule has 0 radical (unpaired) electrons. The van der Waals surface area contributed by atoms with Gasteiger partial charge in [0.25, 0.3) is 5.91 Å². The second-order valence-electron chi connectivity index (χ2n) is 9.50. The summed E-state index contributed by atoms with van der Waals surface area (Å²) in [6.07, 6.45) is 2.10. The summed E-state index contributed by atoms with van der Waals surface area (Å²) in [5.41, 5.74) is 4.95. The van der Waals surface area contributed by atoms with Crippen LogP contribution in [0.5, 0.6) is 0 Å². The minimum atomic E-state index is -0.210. The standard InChI is InChI=1S/C29H29N5O2/c1-20-27(23-10-4-5-11-24(23)31-20)28-21-8-2-3-9-22(21)29(36)34(28)15-13-26(35)33-18-16-32(17-19-33)25-12-6-7-14-30-25/h2-12,14,28,31H,13,15-19H2,1H3/t28-/m0/s1. The second kappa shape index (κ2) is 9.15. The van der Waals surface area contributed by atoms with Crippen molar-refractivity contribution in [2.24, 2.45) is 0 Å². The van der Waals surface area contributed by atoms with Crippen molar-refractivity contribution in [2.75, 3.05) is 37.6 Å². The van der Waals surface area contributed by atoms with Crippen LogP contribution < -0.4 is 4.90 Å². The highest BCUT2D eigenvalue weighted by Crippen LogP contribution is 2.42. The number of hydrogen-bond donors (Lipinski definition) is 1. The SMILES string of the molecule is Cc1[nH]c2ccccc2c1[C@@H]1c2ccccc2C(=O)N1CCC(=O)N1CCN(c2ccccn2)CC1. The summed E-state index contributed by atoms with van der Waals surface area (Å²) in [6.45, 7) is 5.28. The number of nitrogens with one attached hydrogen (secondary N) is 1. The molecule has 182 valence electrons. The fourth-order valence-corrected chi connectivity index (χ4v) is 5.66. The van der Waals surface area contributed by atoms with Gasteiger partial charge >= 0.3 is 0 Å². The number of H-pyrrole nitrogens is 1. The van der Waals surface area contributed by atoms with Crippen LogP contribution in [0.2, 0.25) is 0 Å². The van der Waals surface area contributed by atoms with Crippen molar-refractivity contribution in [2.45, 2.75) is 19.4 Å². The van der Waals surface area contributed by atoms with Crippen molar-refractivity contribution in [3.63, 3.8) is 0 Å². The molecule has 0 bridgehead atoms. The molecule has 1 fully saturated rings. The number of anilines is 1. The number of amides is 2. The number of aromatic amines is 1. The number of aromatic nitrogens is 2. The van der Waals surface area contributed by atoms with E-state index in [4.69, 9.17) is 0 Å². The van der Waals surface area contributed by atoms with E-state index < -0.39 is 0 Å². The average Bonchev–Trinajstić information content (AvgIpc) is 3.40. The molecule has 4 aromatic rings. The molecule has 2 aromatic carbocycles. The number of pyridine rings is 1. The molecule has 36 heavy (non-hydrogen) atoms. The molecule has 0 aliphatic carbocycles. The molecule has 1 N–H and O–H groups in total. The van der Waals surface area contributed by atoms with E-state index in [-0.39, 0.29) is 17.9 Å². The van der Waals surface area contributed by atoms with Crippen LogP contribution in [-0.2, 0) is 4.79 Å². The van der Waals surface area contributed by atoms with Gasteiger partial charge in [-0.3, -0.25) is 9.59 Å². The predicted octanol–water partition coefficient (Wildman–Crippen LogP) is 4.16. The molecule has 6 rings (SSSR count). The Balaban J connectivity index is 1.21. The lowest BCUT2D eigenvalue weighted by molar-refractivity contribution is -0.131. The van der Waals surface area contributed by atoms with Crippen LogP contribution >= 0.6 is 0 Å². The average molecular weight is 480 g/mol. The third kappa shape index (κ3) is 3.81. The third-order valence-electron chi connectivity index (χ3n) is 7.45. The predicted molar refractivity (Wildman–Crippen MR) is 140 cm³/mol. The highest BCUT2D eigenvalue weighted by atomic mass is 16.2. The van der Waals surface area contributed by atoms with Gasteiger partial charge in [0.1, 0.15) is 5.82 Å². The van der Waals surface area contributed by atoms with Crippen LogP contribution in [-0.4, -0.2) is 64.3 Å². The molecule has 0 saturated carbocycles.